The average molecular weight is 793 g/mol. The normalized spacial score (nSPS) is 22.3. The van der Waals surface area contributed by atoms with Gasteiger partial charge in [0.1, 0.15) is 18.8 Å². The van der Waals surface area contributed by atoms with E-state index in [2.05, 4.69) is 55.0 Å². The second kappa shape index (κ2) is 19.3. The van der Waals surface area contributed by atoms with Gasteiger partial charge in [0.05, 0.1) is 0 Å². The molecule has 3 aliphatic rings. The van der Waals surface area contributed by atoms with Crippen LogP contribution in [0, 0.1) is 50.4 Å². The third kappa shape index (κ3) is 9.21. The molecule has 0 aromatic carbocycles. The summed E-state index contributed by atoms with van der Waals surface area (Å²) in [6.45, 7) is 23.6. The maximum atomic E-state index is 14.0. The summed E-state index contributed by atoms with van der Waals surface area (Å²) in [5, 5.41) is 6.83. The molecule has 2 aliphatic heterocycles. The number of ketones is 1. The second-order valence-corrected chi connectivity index (χ2v) is 17.0. The second-order valence-electron chi connectivity index (χ2n) is 17.0. The van der Waals surface area contributed by atoms with Crippen LogP contribution in [0.5, 0.6) is 0 Å². The predicted molar refractivity (Wildman–Crippen MR) is 236 cm³/mol. The fourth-order valence-corrected chi connectivity index (χ4v) is 8.94. The van der Waals surface area contributed by atoms with Crippen LogP contribution in [0.15, 0.2) is 29.6 Å². The fourth-order valence-electron chi connectivity index (χ4n) is 8.94. The zero-order valence-corrected chi connectivity index (χ0v) is 37.7. The van der Waals surface area contributed by atoms with E-state index < -0.39 is 5.92 Å². The fraction of sp³-hybridized carbons (Fsp3) is 0.490. The van der Waals surface area contributed by atoms with Gasteiger partial charge in [-0.1, -0.05) is 125 Å². The molecular weight excluding hydrogens is 733 g/mol. The molecule has 3 aromatic heterocycles. The van der Waals surface area contributed by atoms with Crippen LogP contribution in [0.1, 0.15) is 154 Å². The Balaban J connectivity index is 0.00000641. The van der Waals surface area contributed by atoms with Crippen LogP contribution in [0.2, 0.25) is 0 Å². The number of rotatable bonds is 16. The van der Waals surface area contributed by atoms with Crippen molar-refractivity contribution in [3.8, 4) is 0 Å². The zero-order chi connectivity index (χ0) is 41.1. The van der Waals surface area contributed by atoms with Gasteiger partial charge in [-0.25, -0.2) is 0 Å². The molecule has 1 fully saturated rings. The van der Waals surface area contributed by atoms with E-state index >= 15 is 0 Å². The third-order valence-corrected chi connectivity index (χ3v) is 12.6. The first-order chi connectivity index (χ1) is 27.3. The van der Waals surface area contributed by atoms with Crippen LogP contribution in [-0.2, 0) is 20.7 Å². The first-order valence-corrected chi connectivity index (χ1v) is 21.1. The van der Waals surface area contributed by atoms with Crippen molar-refractivity contribution < 1.29 is 19.1 Å². The summed E-state index contributed by atoms with van der Waals surface area (Å²) in [6, 6.07) is 0. The van der Waals surface area contributed by atoms with E-state index in [1.54, 1.807) is 0 Å². The summed E-state index contributed by atoms with van der Waals surface area (Å²) in [5.41, 5.74) is 11.2. The summed E-state index contributed by atoms with van der Waals surface area (Å²) in [5.74, 6) is -0.471. The number of aldehydes is 1. The molecule has 4 atom stereocenters. The Morgan fingerprint density at radius 3 is 2.31 bits per heavy atom. The van der Waals surface area contributed by atoms with E-state index in [0.717, 1.165) is 86.7 Å². The smallest absolute Gasteiger partial charge is 0.664 e. The molecule has 304 valence electrons. The molecule has 9 heteroatoms. The van der Waals surface area contributed by atoms with E-state index in [1.165, 1.54) is 31.3 Å². The number of hydrogen-bond donors (Lipinski definition) is 0. The first kappa shape index (κ1) is 45.0. The average Bonchev–Trinajstić information content (AvgIpc) is 3.90. The van der Waals surface area contributed by atoms with E-state index in [9.17, 15) is 14.4 Å². The summed E-state index contributed by atoms with van der Waals surface area (Å²) in [7, 11) is 0. The molecule has 0 radical (unpaired) electrons. The molecule has 6 rings (SSSR count). The van der Waals surface area contributed by atoms with Crippen molar-refractivity contribution in [2.45, 2.75) is 120 Å². The molecule has 0 N–H and O–H groups in total. The Morgan fingerprint density at radius 1 is 0.914 bits per heavy atom. The molecule has 1 aliphatic carbocycles. The van der Waals surface area contributed by atoms with Gasteiger partial charge in [-0.05, 0) is 88.7 Å². The van der Waals surface area contributed by atoms with Crippen LogP contribution in [-0.4, -0.2) is 47.7 Å². The topological polar surface area (TPSA) is 117 Å². The molecule has 0 amide bonds. The van der Waals surface area contributed by atoms with Gasteiger partial charge >= 0.3 is 29.0 Å². The third-order valence-electron chi connectivity index (χ3n) is 12.6. The minimum Gasteiger partial charge on any atom is -0.664 e. The number of esters is 1. The van der Waals surface area contributed by atoms with Gasteiger partial charge in [0.15, 0.2) is 5.78 Å². The number of allylic oxidation sites excluding steroid dienone is 4. The van der Waals surface area contributed by atoms with Crippen molar-refractivity contribution in [2.75, 3.05) is 6.61 Å². The van der Waals surface area contributed by atoms with Crippen LogP contribution in [0.25, 0.3) is 35.2 Å². The van der Waals surface area contributed by atoms with Crippen molar-refractivity contribution in [2.24, 2.45) is 29.6 Å². The maximum Gasteiger partial charge on any atom is 2.00 e. The van der Waals surface area contributed by atoms with Crippen molar-refractivity contribution >= 4 is 71.0 Å². The van der Waals surface area contributed by atoms with E-state index in [0.29, 0.717) is 40.9 Å². The van der Waals surface area contributed by atoms with Crippen molar-refractivity contribution in [3.63, 3.8) is 0 Å². The zero-order valence-electron chi connectivity index (χ0n) is 36.3. The summed E-state index contributed by atoms with van der Waals surface area (Å²) >= 11 is 0. The van der Waals surface area contributed by atoms with Crippen LogP contribution < -0.4 is 25.7 Å². The number of carbonyl (C=O) groups excluding carboxylic acids is 3. The van der Waals surface area contributed by atoms with Gasteiger partial charge < -0.3 is 29.8 Å². The molecule has 0 saturated carbocycles. The van der Waals surface area contributed by atoms with Crippen molar-refractivity contribution in [1.29, 1.82) is 0 Å². The number of carbonyl (C=O) groups is 3. The molecule has 8 nitrogen and oxygen atoms in total. The Morgan fingerprint density at radius 2 is 1.62 bits per heavy atom. The molecule has 1 saturated heterocycles. The Hall–Kier alpha value is -4.08. The predicted octanol–water partition coefficient (Wildman–Crippen LogP) is 8.58. The van der Waals surface area contributed by atoms with Crippen molar-refractivity contribution in [1.82, 2.24) is 15.0 Å². The monoisotopic (exact) mass is 792 g/mol. The number of fused-ring (bicyclic) bond motifs is 7. The number of Topliss-reactive ketones (excluding diaryl/α,β-unsaturated/α-hetero) is 1. The van der Waals surface area contributed by atoms with E-state index in [1.807, 2.05) is 44.2 Å². The SMILES string of the molecule is C=Cc1c2[n-]c(c1C)/C=C1\[N-]/C(=C3\c4[n-]c(c(C)c4C(=O)[C@@H]3C=O)/C=c3\[n-]/c(c(C)c3CC)=C\2)[C@@H](CCC(=O)OC/C=C(\C)CCC[C@H](C)CCCC(C)C)[C@@H]1C.[Mg+2]. The number of ether oxygens (including phenoxy) is 1. The van der Waals surface area contributed by atoms with Gasteiger partial charge in [0.2, 0.25) is 0 Å². The summed E-state index contributed by atoms with van der Waals surface area (Å²) < 4.78 is 5.72. The maximum absolute atomic E-state index is 14.0. The first-order valence-electron chi connectivity index (χ1n) is 21.1. The number of aromatic nitrogens is 3. The van der Waals surface area contributed by atoms with Gasteiger partial charge in [0, 0.05) is 12.0 Å². The van der Waals surface area contributed by atoms with Crippen molar-refractivity contribution in [3.05, 3.63) is 102 Å². The Bertz CT molecular complexity index is 2270. The molecular formula is C49H60MgN4O4-2. The summed E-state index contributed by atoms with van der Waals surface area (Å²) in [6.07, 6.45) is 19.1. The van der Waals surface area contributed by atoms with Gasteiger partial charge in [-0.3, -0.25) is 9.59 Å². The molecule has 8 bridgehead atoms. The molecule has 58 heavy (non-hydrogen) atoms. The quantitative estimate of drug-likeness (QED) is 0.0469. The van der Waals surface area contributed by atoms with Gasteiger partial charge in [0.25, 0.3) is 0 Å². The van der Waals surface area contributed by atoms with Gasteiger partial charge in [-0.2, -0.15) is 11.4 Å². The molecule has 3 aromatic rings. The minimum absolute atomic E-state index is 0. The van der Waals surface area contributed by atoms with Crippen LogP contribution >= 0.6 is 0 Å². The molecule has 0 unspecified atom stereocenters. The minimum atomic E-state index is -1.02. The van der Waals surface area contributed by atoms with E-state index in [-0.39, 0.29) is 59.7 Å². The number of nitrogens with zero attached hydrogens (tertiary/aromatic N) is 4. The summed E-state index contributed by atoms with van der Waals surface area (Å²) in [4.78, 5) is 55.2. The number of hydrogen-bond acceptors (Lipinski definition) is 4. The molecule has 0 spiro atoms. The van der Waals surface area contributed by atoms with E-state index in [4.69, 9.17) is 25.0 Å². The Kier molecular flexibility index (Phi) is 15.0. The van der Waals surface area contributed by atoms with Crippen LogP contribution in [0.3, 0.4) is 0 Å². The largest absolute Gasteiger partial charge is 2.00 e. The van der Waals surface area contributed by atoms with Gasteiger partial charge in [-0.15, -0.1) is 33.5 Å². The van der Waals surface area contributed by atoms with Crippen LogP contribution in [0.4, 0.5) is 0 Å². The standard InChI is InChI=1S/C49H61N4O4.Mg/c1-11-34-30(7)38-23-40-32(9)36(19-20-44(55)57-22-21-29(6)18-14-17-28(5)16-13-15-27(3)4)47(52-40)46-37(26-54)49(56)45-33(10)41(53-48(45)46)25-43-35(12-2)31(8)39(51-43)24-42(34)50-38;/h11,21,23-28,32,36-37H,1,12-20,22H2,2-10H3,(H-,52,53,56);/q-3;+2/p-1/b29-21+,39-24-,40-23-,43-25-;/t28-,32+,36+,37-;/m1./s1. The Labute approximate surface area is 361 Å². The molecule has 5 heterocycles.